The Kier molecular flexibility index (Phi) is 3.64. The number of carbonyl (C=O) groups excluding carboxylic acids is 1. The van der Waals surface area contributed by atoms with E-state index in [1.807, 2.05) is 31.2 Å². The summed E-state index contributed by atoms with van der Waals surface area (Å²) in [7, 11) is 1.54. The number of aliphatic carboxylic acids is 1. The molecule has 0 aromatic heterocycles. The molecule has 0 radical (unpaired) electrons. The summed E-state index contributed by atoms with van der Waals surface area (Å²) in [5, 5.41) is 12.3. The molecule has 2 aliphatic carbocycles. The molecule has 0 spiro atoms. The predicted molar refractivity (Wildman–Crippen MR) is 81.7 cm³/mol. The first kappa shape index (κ1) is 14.6. The second-order valence-electron chi connectivity index (χ2n) is 6.03. The molecule has 5 nitrogen and oxygen atoms in total. The highest BCUT2D eigenvalue weighted by molar-refractivity contribution is 5.97. The van der Waals surface area contributed by atoms with E-state index >= 15 is 0 Å². The van der Waals surface area contributed by atoms with Crippen molar-refractivity contribution in [1.29, 1.82) is 0 Å². The van der Waals surface area contributed by atoms with Crippen molar-refractivity contribution in [3.63, 3.8) is 0 Å². The molecule has 1 aromatic rings. The summed E-state index contributed by atoms with van der Waals surface area (Å²) in [6.45, 7) is 1.93. The normalized spacial score (nSPS) is 28.6. The summed E-state index contributed by atoms with van der Waals surface area (Å²) in [5.74, 6) is -1.73. The molecule has 116 valence electrons. The van der Waals surface area contributed by atoms with Gasteiger partial charge in [-0.15, -0.1) is 0 Å². The monoisotopic (exact) mass is 301 g/mol. The lowest BCUT2D eigenvalue weighted by atomic mass is 9.82. The zero-order valence-electron chi connectivity index (χ0n) is 12.6. The molecule has 1 aromatic carbocycles. The van der Waals surface area contributed by atoms with E-state index in [1.54, 1.807) is 13.2 Å². The van der Waals surface area contributed by atoms with Crippen molar-refractivity contribution in [3.8, 4) is 5.75 Å². The van der Waals surface area contributed by atoms with Crippen molar-refractivity contribution in [2.24, 2.45) is 23.7 Å². The van der Waals surface area contributed by atoms with Gasteiger partial charge in [0.25, 0.3) is 0 Å². The minimum Gasteiger partial charge on any atom is -0.495 e. The number of carboxylic acid groups (broad SMARTS) is 1. The molecule has 4 unspecified atom stereocenters. The van der Waals surface area contributed by atoms with Crippen LogP contribution in [0.4, 0.5) is 5.69 Å². The second-order valence-corrected chi connectivity index (χ2v) is 6.03. The first-order valence-electron chi connectivity index (χ1n) is 7.38. The maximum absolute atomic E-state index is 12.6. The third-order valence-electron chi connectivity index (χ3n) is 4.66. The fourth-order valence-corrected chi connectivity index (χ4v) is 3.65. The van der Waals surface area contributed by atoms with Gasteiger partial charge < -0.3 is 15.2 Å². The van der Waals surface area contributed by atoms with Crippen LogP contribution in [0.1, 0.15) is 12.0 Å². The number of hydrogen-bond donors (Lipinski definition) is 2. The number of aryl methyl sites for hydroxylation is 1. The van der Waals surface area contributed by atoms with Crippen LogP contribution >= 0.6 is 0 Å². The first-order chi connectivity index (χ1) is 10.5. The topological polar surface area (TPSA) is 75.6 Å². The van der Waals surface area contributed by atoms with Gasteiger partial charge >= 0.3 is 5.97 Å². The van der Waals surface area contributed by atoms with Gasteiger partial charge in [-0.05, 0) is 42.9 Å². The molecule has 0 saturated heterocycles. The molecular formula is C17H19NO4. The number of hydrogen-bond acceptors (Lipinski definition) is 3. The van der Waals surface area contributed by atoms with E-state index in [0.29, 0.717) is 11.4 Å². The molecule has 1 fully saturated rings. The van der Waals surface area contributed by atoms with E-state index < -0.39 is 17.8 Å². The van der Waals surface area contributed by atoms with Gasteiger partial charge in [0.1, 0.15) is 5.75 Å². The van der Waals surface area contributed by atoms with Crippen molar-refractivity contribution in [2.75, 3.05) is 12.4 Å². The van der Waals surface area contributed by atoms with Gasteiger partial charge in [0.05, 0.1) is 24.6 Å². The Hall–Kier alpha value is -2.30. The second kappa shape index (κ2) is 5.48. The van der Waals surface area contributed by atoms with Crippen LogP contribution in [-0.4, -0.2) is 24.1 Å². The van der Waals surface area contributed by atoms with Gasteiger partial charge in [0.2, 0.25) is 5.91 Å². The smallest absolute Gasteiger partial charge is 0.307 e. The average molecular weight is 301 g/mol. The number of anilines is 1. The number of rotatable bonds is 4. The van der Waals surface area contributed by atoms with E-state index in [0.717, 1.165) is 12.0 Å². The molecule has 2 aliphatic rings. The SMILES string of the molecule is COc1ccc(C)cc1NC(=O)C1C2C=CC(C2)C1C(=O)O. The molecule has 2 bridgehead atoms. The maximum atomic E-state index is 12.6. The molecule has 1 amide bonds. The lowest BCUT2D eigenvalue weighted by molar-refractivity contribution is -0.146. The van der Waals surface area contributed by atoms with E-state index in [9.17, 15) is 14.7 Å². The van der Waals surface area contributed by atoms with Crippen molar-refractivity contribution in [1.82, 2.24) is 0 Å². The number of carbonyl (C=O) groups is 2. The van der Waals surface area contributed by atoms with Crippen molar-refractivity contribution in [3.05, 3.63) is 35.9 Å². The Bertz CT molecular complexity index is 652. The summed E-state index contributed by atoms with van der Waals surface area (Å²) in [5.41, 5.74) is 1.59. The van der Waals surface area contributed by atoms with Crippen LogP contribution in [0.25, 0.3) is 0 Å². The zero-order chi connectivity index (χ0) is 15.9. The molecular weight excluding hydrogens is 282 g/mol. The van der Waals surface area contributed by atoms with E-state index in [2.05, 4.69) is 5.32 Å². The van der Waals surface area contributed by atoms with Gasteiger partial charge in [-0.25, -0.2) is 0 Å². The molecule has 0 aliphatic heterocycles. The number of fused-ring (bicyclic) bond motifs is 2. The van der Waals surface area contributed by atoms with Gasteiger partial charge in [0.15, 0.2) is 0 Å². The summed E-state index contributed by atoms with van der Waals surface area (Å²) >= 11 is 0. The molecule has 2 N–H and O–H groups in total. The third-order valence-corrected chi connectivity index (χ3v) is 4.66. The van der Waals surface area contributed by atoms with E-state index in [-0.39, 0.29) is 17.7 Å². The molecule has 0 heterocycles. The molecule has 1 saturated carbocycles. The van der Waals surface area contributed by atoms with Crippen molar-refractivity contribution >= 4 is 17.6 Å². The van der Waals surface area contributed by atoms with Crippen LogP contribution < -0.4 is 10.1 Å². The van der Waals surface area contributed by atoms with Crippen LogP contribution in [0.3, 0.4) is 0 Å². The Morgan fingerprint density at radius 3 is 2.55 bits per heavy atom. The van der Waals surface area contributed by atoms with Crippen molar-refractivity contribution < 1.29 is 19.4 Å². The quantitative estimate of drug-likeness (QED) is 0.838. The number of allylic oxidation sites excluding steroid dienone is 2. The minimum absolute atomic E-state index is 0.0157. The Balaban J connectivity index is 1.84. The highest BCUT2D eigenvalue weighted by atomic mass is 16.5. The van der Waals surface area contributed by atoms with E-state index in [4.69, 9.17) is 4.74 Å². The third kappa shape index (κ3) is 2.36. The standard InChI is InChI=1S/C17H19NO4/c1-9-3-6-13(22-2)12(7-9)18-16(19)14-10-4-5-11(8-10)15(14)17(20)21/h3-7,10-11,14-15H,8H2,1-2H3,(H,18,19)(H,20,21). The molecule has 22 heavy (non-hydrogen) atoms. The fraction of sp³-hybridized carbons (Fsp3) is 0.412. The number of carboxylic acids is 1. The number of benzene rings is 1. The van der Waals surface area contributed by atoms with Crippen LogP contribution in [0, 0.1) is 30.6 Å². The summed E-state index contributed by atoms with van der Waals surface area (Å²) in [6, 6.07) is 5.52. The largest absolute Gasteiger partial charge is 0.495 e. The molecule has 3 rings (SSSR count). The van der Waals surface area contributed by atoms with Gasteiger partial charge in [0, 0.05) is 0 Å². The Morgan fingerprint density at radius 1 is 1.23 bits per heavy atom. The number of nitrogens with one attached hydrogen (secondary N) is 1. The summed E-state index contributed by atoms with van der Waals surface area (Å²) < 4.78 is 5.26. The van der Waals surface area contributed by atoms with Crippen LogP contribution in [0.2, 0.25) is 0 Å². The Morgan fingerprint density at radius 2 is 1.91 bits per heavy atom. The van der Waals surface area contributed by atoms with Crippen LogP contribution in [0.5, 0.6) is 5.75 Å². The zero-order valence-corrected chi connectivity index (χ0v) is 12.6. The predicted octanol–water partition coefficient (Wildman–Crippen LogP) is 2.47. The van der Waals surface area contributed by atoms with Gasteiger partial charge in [-0.2, -0.15) is 0 Å². The summed E-state index contributed by atoms with van der Waals surface area (Å²) in [6.07, 6.45) is 4.66. The fourth-order valence-electron chi connectivity index (χ4n) is 3.65. The number of ether oxygens (including phenoxy) is 1. The van der Waals surface area contributed by atoms with Gasteiger partial charge in [-0.1, -0.05) is 18.2 Å². The highest BCUT2D eigenvalue weighted by Gasteiger charge is 2.51. The lowest BCUT2D eigenvalue weighted by Gasteiger charge is -2.24. The molecule has 5 heteroatoms. The van der Waals surface area contributed by atoms with Crippen LogP contribution in [0.15, 0.2) is 30.4 Å². The van der Waals surface area contributed by atoms with Crippen LogP contribution in [-0.2, 0) is 9.59 Å². The van der Waals surface area contributed by atoms with Gasteiger partial charge in [-0.3, -0.25) is 9.59 Å². The maximum Gasteiger partial charge on any atom is 0.307 e. The van der Waals surface area contributed by atoms with E-state index in [1.165, 1.54) is 0 Å². The minimum atomic E-state index is -0.895. The number of methoxy groups -OCH3 is 1. The number of amides is 1. The first-order valence-corrected chi connectivity index (χ1v) is 7.38. The Labute approximate surface area is 129 Å². The van der Waals surface area contributed by atoms with Crippen molar-refractivity contribution in [2.45, 2.75) is 13.3 Å². The lowest BCUT2D eigenvalue weighted by Crippen LogP contribution is -2.36. The summed E-state index contributed by atoms with van der Waals surface area (Å²) in [4.78, 5) is 24.1. The average Bonchev–Trinajstić information content (AvgIpc) is 3.08. The highest BCUT2D eigenvalue weighted by Crippen LogP contribution is 2.48. The molecule has 4 atom stereocenters.